The summed E-state index contributed by atoms with van der Waals surface area (Å²) in [5.74, 6) is 0.144. The molecule has 1 aromatic rings. The predicted octanol–water partition coefficient (Wildman–Crippen LogP) is 4.36. The fraction of sp³-hybridized carbons (Fsp3) is 0.294. The maximum Gasteiger partial charge on any atom is 0.271 e. The van der Waals surface area contributed by atoms with Gasteiger partial charge in [0.1, 0.15) is 0 Å². The van der Waals surface area contributed by atoms with Crippen molar-refractivity contribution in [2.24, 2.45) is 11.0 Å². The molecule has 0 bridgehead atoms. The highest BCUT2D eigenvalue weighted by atomic mass is 35.5. The minimum atomic E-state index is -0.254. The molecule has 0 heterocycles. The summed E-state index contributed by atoms with van der Waals surface area (Å²) in [7, 11) is 0. The van der Waals surface area contributed by atoms with Gasteiger partial charge in [-0.3, -0.25) is 4.79 Å². The van der Waals surface area contributed by atoms with Crippen molar-refractivity contribution in [3.8, 4) is 0 Å². The molecule has 0 aliphatic heterocycles. The number of nitrogens with zero attached hydrogens (tertiary/aromatic N) is 1. The largest absolute Gasteiger partial charge is 0.271 e. The van der Waals surface area contributed by atoms with E-state index < -0.39 is 0 Å². The zero-order chi connectivity index (χ0) is 15.4. The fourth-order valence-electron chi connectivity index (χ4n) is 2.24. The van der Waals surface area contributed by atoms with Gasteiger partial charge in [-0.2, -0.15) is 5.10 Å². The van der Waals surface area contributed by atoms with E-state index in [1.807, 2.05) is 13.8 Å². The first-order valence-electron chi connectivity index (χ1n) is 6.92. The zero-order valence-electron chi connectivity index (χ0n) is 12.3. The van der Waals surface area contributed by atoms with E-state index in [1.54, 1.807) is 24.3 Å². The third-order valence-corrected chi connectivity index (χ3v) is 3.91. The number of hydrazone groups is 1. The second kappa shape index (κ2) is 6.72. The van der Waals surface area contributed by atoms with Crippen LogP contribution in [0.15, 0.2) is 53.2 Å². The second-order valence-corrected chi connectivity index (χ2v) is 5.82. The second-order valence-electron chi connectivity index (χ2n) is 5.38. The van der Waals surface area contributed by atoms with Crippen molar-refractivity contribution < 1.29 is 4.79 Å². The van der Waals surface area contributed by atoms with E-state index in [1.165, 1.54) is 0 Å². The Hall–Kier alpha value is -1.87. The summed E-state index contributed by atoms with van der Waals surface area (Å²) >= 11 is 5.88. The SMILES string of the molecule is C=C(C)C1CC=C(C)C(=NNC(=O)c2cccc(Cl)c2)C1. The molecule has 110 valence electrons. The van der Waals surface area contributed by atoms with Crippen LogP contribution in [0.25, 0.3) is 0 Å². The Morgan fingerprint density at radius 3 is 2.90 bits per heavy atom. The van der Waals surface area contributed by atoms with Gasteiger partial charge >= 0.3 is 0 Å². The first kappa shape index (κ1) is 15.5. The molecule has 0 saturated heterocycles. The lowest BCUT2D eigenvalue weighted by molar-refractivity contribution is 0.0954. The molecule has 1 aromatic carbocycles. The van der Waals surface area contributed by atoms with Gasteiger partial charge in [0.15, 0.2) is 0 Å². The van der Waals surface area contributed by atoms with Gasteiger partial charge in [-0.1, -0.05) is 35.9 Å². The van der Waals surface area contributed by atoms with Crippen LogP contribution in [0.3, 0.4) is 0 Å². The maximum absolute atomic E-state index is 12.0. The van der Waals surface area contributed by atoms with E-state index in [4.69, 9.17) is 11.6 Å². The van der Waals surface area contributed by atoms with Crippen LogP contribution in [0.5, 0.6) is 0 Å². The van der Waals surface area contributed by atoms with E-state index in [9.17, 15) is 4.79 Å². The number of allylic oxidation sites excluding steroid dienone is 3. The van der Waals surface area contributed by atoms with E-state index in [0.29, 0.717) is 16.5 Å². The van der Waals surface area contributed by atoms with Crippen molar-refractivity contribution in [1.29, 1.82) is 0 Å². The minimum absolute atomic E-state index is 0.254. The Bertz CT molecular complexity index is 631. The van der Waals surface area contributed by atoms with E-state index in [-0.39, 0.29) is 5.91 Å². The highest BCUT2D eigenvalue weighted by Gasteiger charge is 2.18. The fourth-order valence-corrected chi connectivity index (χ4v) is 2.43. The first-order valence-corrected chi connectivity index (χ1v) is 7.30. The van der Waals surface area contributed by atoms with Gasteiger partial charge in [0.05, 0.1) is 5.71 Å². The molecule has 1 amide bonds. The molecule has 3 nitrogen and oxygen atoms in total. The van der Waals surface area contributed by atoms with E-state index >= 15 is 0 Å². The molecule has 1 aliphatic rings. The summed E-state index contributed by atoms with van der Waals surface area (Å²) in [6.45, 7) is 8.05. The average Bonchev–Trinajstić information content (AvgIpc) is 2.45. The van der Waals surface area contributed by atoms with Crippen molar-refractivity contribution in [2.45, 2.75) is 26.7 Å². The average molecular weight is 303 g/mol. The Balaban J connectivity index is 2.09. The molecule has 0 radical (unpaired) electrons. The standard InChI is InChI=1S/C17H19ClN2O/c1-11(2)13-8-7-12(3)16(10-13)19-20-17(21)14-5-4-6-15(18)9-14/h4-7,9,13H,1,8,10H2,2-3H3,(H,20,21). The van der Waals surface area contributed by atoms with Gasteiger partial charge in [0.25, 0.3) is 5.91 Å². The zero-order valence-corrected chi connectivity index (χ0v) is 13.1. The van der Waals surface area contributed by atoms with E-state index in [2.05, 4.69) is 23.2 Å². The first-order chi connectivity index (χ1) is 9.97. The number of hydrogen-bond donors (Lipinski definition) is 1. The third kappa shape index (κ3) is 4.05. The van der Waals surface area contributed by atoms with Gasteiger partial charge in [-0.05, 0) is 56.4 Å². The van der Waals surface area contributed by atoms with Gasteiger partial charge in [-0.15, -0.1) is 0 Å². The number of carbonyl (C=O) groups is 1. The lowest BCUT2D eigenvalue weighted by Crippen LogP contribution is -2.23. The summed E-state index contributed by atoms with van der Waals surface area (Å²) in [6.07, 6.45) is 3.95. The summed E-state index contributed by atoms with van der Waals surface area (Å²) in [5.41, 5.74) is 6.27. The van der Waals surface area contributed by atoms with Crippen LogP contribution in [-0.4, -0.2) is 11.6 Å². The molecular weight excluding hydrogens is 284 g/mol. The molecule has 0 spiro atoms. The quantitative estimate of drug-likeness (QED) is 0.654. The van der Waals surface area contributed by atoms with Gasteiger partial charge in [0, 0.05) is 10.6 Å². The molecule has 1 unspecified atom stereocenters. The van der Waals surface area contributed by atoms with Crippen molar-refractivity contribution in [2.75, 3.05) is 0 Å². The van der Waals surface area contributed by atoms with Gasteiger partial charge in [-0.25, -0.2) is 5.43 Å². The Kier molecular flexibility index (Phi) is 4.97. The van der Waals surface area contributed by atoms with Crippen LogP contribution in [-0.2, 0) is 0 Å². The summed E-state index contributed by atoms with van der Waals surface area (Å²) < 4.78 is 0. The topological polar surface area (TPSA) is 41.5 Å². The molecular formula is C17H19ClN2O. The number of carbonyl (C=O) groups excluding carboxylic acids is 1. The number of benzene rings is 1. The Labute approximate surface area is 130 Å². The maximum atomic E-state index is 12.0. The van der Waals surface area contributed by atoms with Crippen molar-refractivity contribution in [3.05, 3.63) is 58.7 Å². The molecule has 0 saturated carbocycles. The molecule has 21 heavy (non-hydrogen) atoms. The molecule has 1 atom stereocenters. The van der Waals surface area contributed by atoms with Gasteiger partial charge < -0.3 is 0 Å². The summed E-state index contributed by atoms with van der Waals surface area (Å²) in [5, 5.41) is 4.80. The number of amides is 1. The predicted molar refractivity (Wildman–Crippen MR) is 87.6 cm³/mol. The minimum Gasteiger partial charge on any atom is -0.267 e. The lowest BCUT2D eigenvalue weighted by atomic mass is 9.85. The smallest absolute Gasteiger partial charge is 0.267 e. The number of halogens is 1. The monoisotopic (exact) mass is 302 g/mol. The van der Waals surface area contributed by atoms with Gasteiger partial charge in [0.2, 0.25) is 0 Å². The third-order valence-electron chi connectivity index (χ3n) is 3.68. The van der Waals surface area contributed by atoms with Crippen molar-refractivity contribution >= 4 is 23.2 Å². The summed E-state index contributed by atoms with van der Waals surface area (Å²) in [6, 6.07) is 6.81. The highest BCUT2D eigenvalue weighted by molar-refractivity contribution is 6.30. The van der Waals surface area contributed by atoms with E-state index in [0.717, 1.165) is 29.7 Å². The van der Waals surface area contributed by atoms with Crippen LogP contribution < -0.4 is 5.43 Å². The molecule has 0 aromatic heterocycles. The van der Waals surface area contributed by atoms with Crippen LogP contribution in [0.2, 0.25) is 5.02 Å². The number of nitrogens with one attached hydrogen (secondary N) is 1. The molecule has 1 N–H and O–H groups in total. The van der Waals surface area contributed by atoms with Crippen LogP contribution in [0.4, 0.5) is 0 Å². The number of hydrogen-bond acceptors (Lipinski definition) is 2. The molecule has 0 fully saturated rings. The molecule has 2 rings (SSSR count). The highest BCUT2D eigenvalue weighted by Crippen LogP contribution is 2.26. The Morgan fingerprint density at radius 2 is 2.24 bits per heavy atom. The van der Waals surface area contributed by atoms with Crippen LogP contribution >= 0.6 is 11.6 Å². The normalized spacial score (nSPS) is 20.0. The Morgan fingerprint density at radius 1 is 1.48 bits per heavy atom. The molecule has 1 aliphatic carbocycles. The van der Waals surface area contributed by atoms with Crippen LogP contribution in [0, 0.1) is 5.92 Å². The van der Waals surface area contributed by atoms with Crippen molar-refractivity contribution in [3.63, 3.8) is 0 Å². The number of rotatable bonds is 3. The summed E-state index contributed by atoms with van der Waals surface area (Å²) in [4.78, 5) is 12.0. The van der Waals surface area contributed by atoms with Crippen molar-refractivity contribution in [1.82, 2.24) is 5.43 Å². The lowest BCUT2D eigenvalue weighted by Gasteiger charge is -2.22. The molecule has 4 heteroatoms. The van der Waals surface area contributed by atoms with Crippen LogP contribution in [0.1, 0.15) is 37.0 Å².